The van der Waals surface area contributed by atoms with Gasteiger partial charge in [-0.25, -0.2) is 0 Å². The van der Waals surface area contributed by atoms with Gasteiger partial charge in [0.25, 0.3) is 0 Å². The van der Waals surface area contributed by atoms with Crippen LogP contribution in [0, 0.1) is 45.3 Å². The van der Waals surface area contributed by atoms with Gasteiger partial charge in [0.05, 0.1) is 5.60 Å². The van der Waals surface area contributed by atoms with Crippen LogP contribution in [0.5, 0.6) is 0 Å². The van der Waals surface area contributed by atoms with Crippen LogP contribution >= 0.6 is 0 Å². The summed E-state index contributed by atoms with van der Waals surface area (Å²) in [5.41, 5.74) is 1.85. The number of ketones is 1. The molecule has 37 heavy (non-hydrogen) atoms. The Morgan fingerprint density at radius 3 is 2.27 bits per heavy atom. The molecule has 6 aliphatic rings. The maximum atomic E-state index is 12.9. The molecule has 5 fully saturated rings. The first-order valence-electron chi connectivity index (χ1n) is 14.9. The van der Waals surface area contributed by atoms with Crippen LogP contribution in [0.15, 0.2) is 11.6 Å². The number of Topliss-reactive ketones (excluding diaryl/α,β-unsaturated/α-hetero) is 1. The minimum Gasteiger partial charge on any atom is -0.361 e. The summed E-state index contributed by atoms with van der Waals surface area (Å²) < 4.78 is 24.8. The van der Waals surface area contributed by atoms with Gasteiger partial charge in [-0.1, -0.05) is 46.3 Å². The molecule has 0 aromatic carbocycles. The second kappa shape index (κ2) is 7.92. The van der Waals surface area contributed by atoms with Crippen LogP contribution < -0.4 is 0 Å². The number of methoxy groups -OCH3 is 2. The van der Waals surface area contributed by atoms with E-state index in [4.69, 9.17) is 18.9 Å². The molecule has 6 rings (SSSR count). The summed E-state index contributed by atoms with van der Waals surface area (Å²) in [6.07, 6.45) is 10.8. The molecule has 208 valence electrons. The minimum absolute atomic E-state index is 0.0562. The van der Waals surface area contributed by atoms with E-state index >= 15 is 0 Å². The monoisotopic (exact) mass is 514 g/mol. The standard InChI is InChI=1S/C32H50O5/c1-27(2)23-11-10-22-21(29(23,5)15-14-24(27)33)13-17-30(6)20(12-16-31(22,30)7)19-18-32(35-9,36-25(19)34-8)26-28(3,4)37-26/h10,19-21,23,25-26H,11-18H2,1-9H3. The normalized spacial score (nSPS) is 53.8. The number of rotatable bonds is 4. The highest BCUT2D eigenvalue weighted by Gasteiger charge is 2.71. The van der Waals surface area contributed by atoms with Crippen molar-refractivity contribution in [2.75, 3.05) is 14.2 Å². The number of hydrogen-bond acceptors (Lipinski definition) is 5. The molecule has 0 aromatic rings. The van der Waals surface area contributed by atoms with Crippen molar-refractivity contribution in [2.45, 2.75) is 124 Å². The van der Waals surface area contributed by atoms with Crippen molar-refractivity contribution in [2.24, 2.45) is 45.3 Å². The van der Waals surface area contributed by atoms with Gasteiger partial charge in [0.2, 0.25) is 5.79 Å². The summed E-state index contributed by atoms with van der Waals surface area (Å²) >= 11 is 0. The number of allylic oxidation sites excluding steroid dienone is 2. The first-order chi connectivity index (χ1) is 17.2. The number of ether oxygens (including phenoxy) is 4. The van der Waals surface area contributed by atoms with Crippen molar-refractivity contribution in [1.29, 1.82) is 0 Å². The summed E-state index contributed by atoms with van der Waals surface area (Å²) in [4.78, 5) is 12.9. The van der Waals surface area contributed by atoms with E-state index < -0.39 is 5.79 Å². The van der Waals surface area contributed by atoms with Gasteiger partial charge in [-0.05, 0) is 86.4 Å². The van der Waals surface area contributed by atoms with Crippen LogP contribution in [0.25, 0.3) is 0 Å². The first kappa shape index (κ1) is 26.5. The zero-order valence-electron chi connectivity index (χ0n) is 24.7. The fourth-order valence-corrected chi connectivity index (χ4v) is 10.8. The molecule has 10 atom stereocenters. The van der Waals surface area contributed by atoms with Gasteiger partial charge in [0, 0.05) is 38.4 Å². The Balaban J connectivity index is 1.33. The molecule has 0 bridgehead atoms. The molecule has 2 saturated heterocycles. The summed E-state index contributed by atoms with van der Waals surface area (Å²) in [6.45, 7) is 16.3. The minimum atomic E-state index is -0.730. The Labute approximate surface area is 224 Å². The van der Waals surface area contributed by atoms with Crippen molar-refractivity contribution in [3.05, 3.63) is 11.6 Å². The van der Waals surface area contributed by atoms with Gasteiger partial charge >= 0.3 is 0 Å². The van der Waals surface area contributed by atoms with Gasteiger partial charge < -0.3 is 18.9 Å². The van der Waals surface area contributed by atoms with Crippen LogP contribution in [0.1, 0.15) is 99.8 Å². The predicted molar refractivity (Wildman–Crippen MR) is 143 cm³/mol. The molecular formula is C32H50O5. The third-order valence-electron chi connectivity index (χ3n) is 13.3. The molecular weight excluding hydrogens is 464 g/mol. The fourth-order valence-electron chi connectivity index (χ4n) is 10.8. The van der Waals surface area contributed by atoms with E-state index in [0.717, 1.165) is 25.7 Å². The Bertz CT molecular complexity index is 1010. The van der Waals surface area contributed by atoms with Crippen molar-refractivity contribution < 1.29 is 23.7 Å². The highest BCUT2D eigenvalue weighted by Crippen LogP contribution is 2.74. The average molecular weight is 515 g/mol. The molecule has 4 aliphatic carbocycles. The third-order valence-corrected chi connectivity index (χ3v) is 13.3. The lowest BCUT2D eigenvalue weighted by atomic mass is 9.41. The van der Waals surface area contributed by atoms with E-state index in [2.05, 4.69) is 54.5 Å². The topological polar surface area (TPSA) is 57.3 Å². The van der Waals surface area contributed by atoms with Crippen molar-refractivity contribution >= 4 is 5.78 Å². The smallest absolute Gasteiger partial charge is 0.200 e. The van der Waals surface area contributed by atoms with Gasteiger partial charge in [-0.15, -0.1) is 0 Å². The number of hydrogen-bond donors (Lipinski definition) is 0. The fraction of sp³-hybridized carbons (Fsp3) is 0.906. The lowest BCUT2D eigenvalue weighted by Gasteiger charge is -2.63. The van der Waals surface area contributed by atoms with Gasteiger partial charge in [-0.2, -0.15) is 0 Å². The summed E-state index contributed by atoms with van der Waals surface area (Å²) in [6, 6.07) is 0. The van der Waals surface area contributed by atoms with E-state index in [1.54, 1.807) is 19.8 Å². The molecule has 0 radical (unpaired) electrons. The maximum absolute atomic E-state index is 12.9. The largest absolute Gasteiger partial charge is 0.361 e. The average Bonchev–Trinajstić information content (AvgIpc) is 3.20. The predicted octanol–water partition coefficient (Wildman–Crippen LogP) is 6.69. The Kier molecular flexibility index (Phi) is 5.67. The summed E-state index contributed by atoms with van der Waals surface area (Å²) in [7, 11) is 3.55. The summed E-state index contributed by atoms with van der Waals surface area (Å²) in [5, 5.41) is 0. The van der Waals surface area contributed by atoms with Crippen molar-refractivity contribution in [3.63, 3.8) is 0 Å². The molecule has 5 nitrogen and oxygen atoms in total. The second-order valence-corrected chi connectivity index (χ2v) is 15.3. The van der Waals surface area contributed by atoms with Crippen LogP contribution in [-0.2, 0) is 23.7 Å². The summed E-state index contributed by atoms with van der Waals surface area (Å²) in [5.74, 6) is 1.57. The Morgan fingerprint density at radius 2 is 1.65 bits per heavy atom. The molecule has 10 unspecified atom stereocenters. The SMILES string of the molecule is COC1OC(OC)(C2OC2(C)C)CC1C1CCC2(C)C3=CCC4C(C)(C)C(=O)CCC4(C)C3CCC12C. The van der Waals surface area contributed by atoms with Crippen molar-refractivity contribution in [1.82, 2.24) is 0 Å². The third kappa shape index (κ3) is 3.27. The van der Waals surface area contributed by atoms with Crippen molar-refractivity contribution in [3.8, 4) is 0 Å². The molecule has 0 N–H and O–H groups in total. The number of fused-ring (bicyclic) bond motifs is 5. The van der Waals surface area contributed by atoms with E-state index in [0.29, 0.717) is 23.5 Å². The van der Waals surface area contributed by atoms with Crippen LogP contribution in [0.3, 0.4) is 0 Å². The van der Waals surface area contributed by atoms with Gasteiger partial charge in [0.15, 0.2) is 6.29 Å². The zero-order chi connectivity index (χ0) is 26.8. The number of carbonyl (C=O) groups excluding carboxylic acids is 1. The number of carbonyl (C=O) groups is 1. The van der Waals surface area contributed by atoms with Crippen LogP contribution in [0.4, 0.5) is 0 Å². The quantitative estimate of drug-likeness (QED) is 0.309. The molecule has 2 heterocycles. The number of epoxide rings is 1. The van der Waals surface area contributed by atoms with E-state index in [1.807, 2.05) is 0 Å². The van der Waals surface area contributed by atoms with E-state index in [1.165, 1.54) is 25.7 Å². The lowest BCUT2D eigenvalue weighted by molar-refractivity contribution is -0.268. The molecule has 0 spiro atoms. The maximum Gasteiger partial charge on any atom is 0.200 e. The van der Waals surface area contributed by atoms with Crippen LogP contribution in [0.2, 0.25) is 0 Å². The Morgan fingerprint density at radius 1 is 0.946 bits per heavy atom. The lowest BCUT2D eigenvalue weighted by Crippen LogP contribution is -2.57. The Hall–Kier alpha value is -0.750. The highest BCUT2D eigenvalue weighted by atomic mass is 16.8. The van der Waals surface area contributed by atoms with E-state index in [-0.39, 0.29) is 45.6 Å². The molecule has 2 aliphatic heterocycles. The molecule has 0 amide bonds. The van der Waals surface area contributed by atoms with E-state index in [9.17, 15) is 4.79 Å². The zero-order valence-corrected chi connectivity index (χ0v) is 24.7. The second-order valence-electron chi connectivity index (χ2n) is 15.3. The molecule has 0 aromatic heterocycles. The van der Waals surface area contributed by atoms with Gasteiger partial charge in [0.1, 0.15) is 11.9 Å². The van der Waals surface area contributed by atoms with Crippen LogP contribution in [-0.4, -0.2) is 43.8 Å². The first-order valence-corrected chi connectivity index (χ1v) is 14.9. The van der Waals surface area contributed by atoms with Gasteiger partial charge in [-0.3, -0.25) is 4.79 Å². The highest BCUT2D eigenvalue weighted by molar-refractivity contribution is 5.85. The molecule has 5 heteroatoms. The molecule has 3 saturated carbocycles.